The summed E-state index contributed by atoms with van der Waals surface area (Å²) < 4.78 is 1.14. The molecule has 0 bridgehead atoms. The summed E-state index contributed by atoms with van der Waals surface area (Å²) in [6, 6.07) is 8.31. The summed E-state index contributed by atoms with van der Waals surface area (Å²) in [7, 11) is 0. The van der Waals surface area contributed by atoms with E-state index in [1.807, 2.05) is 12.1 Å². The Balaban J connectivity index is 0.000000366. The fraction of sp³-hybridized carbons (Fsp3) is 0.467. The largest absolute Gasteiger partial charge is 0.127 e. The van der Waals surface area contributed by atoms with Gasteiger partial charge in [0.25, 0.3) is 0 Å². The van der Waals surface area contributed by atoms with Crippen molar-refractivity contribution in [2.24, 2.45) is 0 Å². The Bertz CT molecular complexity index is 327. The third-order valence-corrected chi connectivity index (χ3v) is 3.21. The third kappa shape index (κ3) is 8.45. The lowest BCUT2D eigenvalue weighted by Crippen LogP contribution is -1.77. The lowest BCUT2D eigenvalue weighted by Gasteiger charge is -1.99. The predicted octanol–water partition coefficient (Wildman–Crippen LogP) is 6.29. The van der Waals surface area contributed by atoms with Gasteiger partial charge in [0.05, 0.1) is 0 Å². The first-order valence-corrected chi connectivity index (χ1v) is 7.43. The number of allylic oxidation sites excluding steroid dienone is 2. The summed E-state index contributed by atoms with van der Waals surface area (Å²) in [6.45, 7) is 6.34. The van der Waals surface area contributed by atoms with Crippen LogP contribution in [0.4, 0.5) is 0 Å². The molecular formula is C15H22BrCl. The van der Waals surface area contributed by atoms with Crippen molar-refractivity contribution in [3.63, 3.8) is 0 Å². The Morgan fingerprint density at radius 3 is 2.47 bits per heavy atom. The second kappa shape index (κ2) is 10.9. The molecule has 1 aromatic carbocycles. The minimum atomic E-state index is 0.827. The third-order valence-electron chi connectivity index (χ3n) is 2.45. The van der Waals surface area contributed by atoms with Crippen LogP contribution in [0.2, 0.25) is 0 Å². The summed E-state index contributed by atoms with van der Waals surface area (Å²) in [5.41, 5.74) is 2.59. The highest BCUT2D eigenvalue weighted by molar-refractivity contribution is 9.10. The molecule has 17 heavy (non-hydrogen) atoms. The summed E-state index contributed by atoms with van der Waals surface area (Å²) in [4.78, 5) is 0. The lowest BCUT2D eigenvalue weighted by molar-refractivity contribution is 0.776. The molecule has 0 saturated heterocycles. The molecule has 0 aromatic heterocycles. The first-order valence-electron chi connectivity index (χ1n) is 6.10. The predicted molar refractivity (Wildman–Crippen MR) is 83.7 cm³/mol. The maximum atomic E-state index is 5.38. The first kappa shape index (κ1) is 16.7. The minimum Gasteiger partial charge on any atom is -0.127 e. The molecule has 0 nitrogen and oxygen atoms in total. The van der Waals surface area contributed by atoms with Crippen LogP contribution in [0.25, 0.3) is 5.57 Å². The Labute approximate surface area is 119 Å². The number of hydrogen-bond acceptors (Lipinski definition) is 0. The van der Waals surface area contributed by atoms with Gasteiger partial charge in [-0.1, -0.05) is 53.9 Å². The molecule has 96 valence electrons. The molecule has 0 spiro atoms. The highest BCUT2D eigenvalue weighted by Crippen LogP contribution is 2.18. The number of rotatable bonds is 4. The van der Waals surface area contributed by atoms with Gasteiger partial charge in [0, 0.05) is 10.4 Å². The van der Waals surface area contributed by atoms with Crippen LogP contribution >= 0.6 is 27.5 Å². The molecule has 1 rings (SSSR count). The molecule has 0 aliphatic rings. The van der Waals surface area contributed by atoms with Gasteiger partial charge in [-0.15, -0.1) is 11.6 Å². The Hall–Kier alpha value is -0.270. The van der Waals surface area contributed by atoms with Crippen LogP contribution in [-0.2, 0) is 0 Å². The van der Waals surface area contributed by atoms with Crippen LogP contribution in [0, 0.1) is 0 Å². The molecule has 0 radical (unpaired) electrons. The van der Waals surface area contributed by atoms with Gasteiger partial charge in [-0.2, -0.15) is 0 Å². The van der Waals surface area contributed by atoms with E-state index in [0.29, 0.717) is 0 Å². The number of hydrogen-bond donors (Lipinski definition) is 0. The van der Waals surface area contributed by atoms with Crippen molar-refractivity contribution in [2.45, 2.75) is 40.0 Å². The van der Waals surface area contributed by atoms with Crippen LogP contribution in [0.1, 0.15) is 45.6 Å². The topological polar surface area (TPSA) is 0 Å². The molecule has 0 N–H and O–H groups in total. The van der Waals surface area contributed by atoms with Gasteiger partial charge >= 0.3 is 0 Å². The average molecular weight is 318 g/mol. The van der Waals surface area contributed by atoms with E-state index in [-0.39, 0.29) is 0 Å². The molecular weight excluding hydrogens is 296 g/mol. The van der Waals surface area contributed by atoms with Crippen molar-refractivity contribution in [2.75, 3.05) is 5.88 Å². The highest BCUT2D eigenvalue weighted by Gasteiger charge is 1.93. The zero-order valence-electron chi connectivity index (χ0n) is 11.0. The van der Waals surface area contributed by atoms with Crippen LogP contribution in [0.3, 0.4) is 0 Å². The van der Waals surface area contributed by atoms with E-state index in [1.54, 1.807) is 0 Å². The molecule has 0 saturated carbocycles. The van der Waals surface area contributed by atoms with Gasteiger partial charge in [-0.05, 0) is 43.5 Å². The van der Waals surface area contributed by atoms with Crippen LogP contribution in [-0.4, -0.2) is 5.88 Å². The monoisotopic (exact) mass is 316 g/mol. The molecule has 0 aliphatic heterocycles. The van der Waals surface area contributed by atoms with Crippen molar-refractivity contribution < 1.29 is 0 Å². The van der Waals surface area contributed by atoms with Crippen LogP contribution in [0.15, 0.2) is 34.8 Å². The van der Waals surface area contributed by atoms with Gasteiger partial charge in [0.15, 0.2) is 0 Å². The van der Waals surface area contributed by atoms with Crippen molar-refractivity contribution in [3.8, 4) is 0 Å². The van der Waals surface area contributed by atoms with Crippen LogP contribution in [0.5, 0.6) is 0 Å². The smallest absolute Gasteiger partial charge is 0.0223 e. The first-order chi connectivity index (χ1) is 8.15. The zero-order chi connectivity index (χ0) is 13.1. The fourth-order valence-electron chi connectivity index (χ4n) is 1.24. The van der Waals surface area contributed by atoms with Gasteiger partial charge in [-0.25, -0.2) is 0 Å². The van der Waals surface area contributed by atoms with Gasteiger partial charge in [-0.3, -0.25) is 0 Å². The molecule has 0 heterocycles. The van der Waals surface area contributed by atoms with Gasteiger partial charge < -0.3 is 0 Å². The lowest BCUT2D eigenvalue weighted by atomic mass is 10.1. The molecule has 0 amide bonds. The Morgan fingerprint density at radius 2 is 2.06 bits per heavy atom. The van der Waals surface area contributed by atoms with Gasteiger partial charge in [0.1, 0.15) is 0 Å². The zero-order valence-corrected chi connectivity index (χ0v) is 13.3. The Morgan fingerprint density at radius 1 is 1.35 bits per heavy atom. The van der Waals surface area contributed by atoms with Crippen molar-refractivity contribution in [1.29, 1.82) is 0 Å². The minimum absolute atomic E-state index is 0.827. The van der Waals surface area contributed by atoms with Gasteiger partial charge in [0.2, 0.25) is 0 Å². The number of halogens is 2. The van der Waals surface area contributed by atoms with E-state index in [4.69, 9.17) is 11.6 Å². The standard InChI is InChI=1S/C10H11Br.C5H11Cl/c1-3-8(2)9-5-4-6-10(11)7-9;1-2-3-4-5-6/h3-7H,1-2H3;2-5H2,1H3/b8-3+;. The molecule has 0 fully saturated rings. The number of unbranched alkanes of at least 4 members (excludes halogenated alkanes) is 2. The molecule has 1 aromatic rings. The summed E-state index contributed by atoms with van der Waals surface area (Å²) in [6.07, 6.45) is 5.84. The second-order valence-corrected chi connectivity index (χ2v) is 5.17. The number of benzene rings is 1. The maximum Gasteiger partial charge on any atom is 0.0223 e. The maximum absolute atomic E-state index is 5.38. The normalized spacial score (nSPS) is 10.8. The SMILES string of the molecule is C/C=C(\C)c1cccc(Br)c1.CCCCCCl. The van der Waals surface area contributed by atoms with Crippen LogP contribution < -0.4 is 0 Å². The molecule has 0 aliphatic carbocycles. The van der Waals surface area contributed by atoms with Crippen molar-refractivity contribution in [1.82, 2.24) is 0 Å². The molecule has 2 heteroatoms. The van der Waals surface area contributed by atoms with E-state index in [1.165, 1.54) is 30.4 Å². The summed E-state index contributed by atoms with van der Waals surface area (Å²) in [5.74, 6) is 0.827. The number of alkyl halides is 1. The highest BCUT2D eigenvalue weighted by atomic mass is 79.9. The van der Waals surface area contributed by atoms with E-state index < -0.39 is 0 Å². The average Bonchev–Trinajstić information content (AvgIpc) is 2.36. The fourth-order valence-corrected chi connectivity index (χ4v) is 1.83. The van der Waals surface area contributed by atoms with E-state index in [9.17, 15) is 0 Å². The van der Waals surface area contributed by atoms with E-state index >= 15 is 0 Å². The van der Waals surface area contributed by atoms with E-state index in [0.717, 1.165) is 10.4 Å². The van der Waals surface area contributed by atoms with Crippen molar-refractivity contribution >= 4 is 33.1 Å². The van der Waals surface area contributed by atoms with Crippen molar-refractivity contribution in [3.05, 3.63) is 40.4 Å². The summed E-state index contributed by atoms with van der Waals surface area (Å²) in [5, 5.41) is 0. The quantitative estimate of drug-likeness (QED) is 0.452. The Kier molecular flexibility index (Phi) is 10.7. The second-order valence-electron chi connectivity index (χ2n) is 3.88. The molecule has 0 atom stereocenters. The summed E-state index contributed by atoms with van der Waals surface area (Å²) >= 11 is 8.81. The molecule has 0 unspecified atom stereocenters. The van der Waals surface area contributed by atoms with E-state index in [2.05, 4.69) is 54.9 Å².